The number of rotatable bonds is 4. The molecule has 1 saturated heterocycles. The molecule has 0 unspecified atom stereocenters. The number of amides is 1. The van der Waals surface area contributed by atoms with E-state index in [1.165, 1.54) is 9.75 Å². The van der Waals surface area contributed by atoms with Crippen LogP contribution in [-0.2, 0) is 17.8 Å². The molecule has 0 aromatic carbocycles. The zero-order chi connectivity index (χ0) is 16.5. The van der Waals surface area contributed by atoms with Gasteiger partial charge in [-0.05, 0) is 43.5 Å². The molecule has 4 heterocycles. The first-order valence-electron chi connectivity index (χ1n) is 8.56. The van der Waals surface area contributed by atoms with E-state index in [2.05, 4.69) is 30.1 Å². The first-order valence-corrected chi connectivity index (χ1v) is 9.38. The summed E-state index contributed by atoms with van der Waals surface area (Å²) in [5, 5.41) is 0. The Kier molecular flexibility index (Phi) is 4.10. The van der Waals surface area contributed by atoms with Gasteiger partial charge in [0.1, 0.15) is 6.54 Å². The second-order valence-electron chi connectivity index (χ2n) is 6.28. The predicted molar refractivity (Wildman–Crippen MR) is 98.2 cm³/mol. The fourth-order valence-electron chi connectivity index (χ4n) is 3.27. The molecule has 3 aromatic heterocycles. The summed E-state index contributed by atoms with van der Waals surface area (Å²) >= 11 is 1.81. The summed E-state index contributed by atoms with van der Waals surface area (Å²) in [6.07, 6.45) is 7.21. The molecule has 4 rings (SSSR count). The van der Waals surface area contributed by atoms with E-state index in [-0.39, 0.29) is 5.91 Å². The van der Waals surface area contributed by atoms with Crippen molar-refractivity contribution in [3.8, 4) is 10.4 Å². The van der Waals surface area contributed by atoms with E-state index in [0.717, 1.165) is 48.9 Å². The largest absolute Gasteiger partial charge is 0.341 e. The summed E-state index contributed by atoms with van der Waals surface area (Å²) in [4.78, 5) is 21.6. The third-order valence-electron chi connectivity index (χ3n) is 4.68. The van der Waals surface area contributed by atoms with Crippen LogP contribution < -0.4 is 0 Å². The molecule has 1 amide bonds. The molecule has 3 aromatic rings. The van der Waals surface area contributed by atoms with Gasteiger partial charge in [-0.15, -0.1) is 11.3 Å². The molecule has 0 saturated carbocycles. The smallest absolute Gasteiger partial charge is 0.242 e. The van der Waals surface area contributed by atoms with Crippen molar-refractivity contribution in [1.82, 2.24) is 14.5 Å². The van der Waals surface area contributed by atoms with Crippen LogP contribution in [0.2, 0.25) is 0 Å². The number of nitrogens with zero attached hydrogens (tertiary/aromatic N) is 3. The van der Waals surface area contributed by atoms with Gasteiger partial charge in [-0.2, -0.15) is 0 Å². The molecule has 0 radical (unpaired) electrons. The number of hydrogen-bond acceptors (Lipinski definition) is 3. The zero-order valence-electron chi connectivity index (χ0n) is 13.9. The van der Waals surface area contributed by atoms with Crippen molar-refractivity contribution < 1.29 is 4.79 Å². The average molecular weight is 339 g/mol. The Morgan fingerprint density at radius 3 is 2.83 bits per heavy atom. The van der Waals surface area contributed by atoms with Crippen LogP contribution >= 0.6 is 11.3 Å². The Balaban J connectivity index is 1.64. The van der Waals surface area contributed by atoms with Crippen molar-refractivity contribution in [2.75, 3.05) is 13.1 Å². The van der Waals surface area contributed by atoms with Crippen molar-refractivity contribution in [2.24, 2.45) is 0 Å². The number of fused-ring (bicyclic) bond motifs is 1. The SMILES string of the molecule is CCc1ccc(-c2cnc3ccn(CC(=O)N4CCCC4)c3c2)s1. The van der Waals surface area contributed by atoms with Crippen LogP contribution in [0.1, 0.15) is 24.6 Å². The fraction of sp³-hybridized carbons (Fsp3) is 0.368. The summed E-state index contributed by atoms with van der Waals surface area (Å²) in [6.45, 7) is 4.37. The van der Waals surface area contributed by atoms with Gasteiger partial charge in [0.2, 0.25) is 5.91 Å². The number of thiophene rings is 1. The van der Waals surface area contributed by atoms with E-state index in [1.807, 2.05) is 39.3 Å². The Hall–Kier alpha value is -2.14. The van der Waals surface area contributed by atoms with Gasteiger partial charge in [0.25, 0.3) is 0 Å². The normalized spacial score (nSPS) is 14.6. The van der Waals surface area contributed by atoms with Crippen LogP contribution in [0.3, 0.4) is 0 Å². The quantitative estimate of drug-likeness (QED) is 0.722. The number of likely N-dealkylation sites (tertiary alicyclic amines) is 1. The van der Waals surface area contributed by atoms with Crippen molar-refractivity contribution in [1.29, 1.82) is 0 Å². The molecule has 24 heavy (non-hydrogen) atoms. The second kappa shape index (κ2) is 6.40. The Bertz CT molecular complexity index is 874. The molecule has 1 aliphatic rings. The topological polar surface area (TPSA) is 38.1 Å². The van der Waals surface area contributed by atoms with Crippen LogP contribution in [-0.4, -0.2) is 33.4 Å². The average Bonchev–Trinajstić information content (AvgIpc) is 3.35. The van der Waals surface area contributed by atoms with Crippen LogP contribution in [0.4, 0.5) is 0 Å². The first kappa shape index (κ1) is 15.4. The first-order chi connectivity index (χ1) is 11.7. The predicted octanol–water partition coefficient (Wildman–Crippen LogP) is 3.95. The van der Waals surface area contributed by atoms with Crippen molar-refractivity contribution >= 4 is 28.3 Å². The number of carbonyl (C=O) groups is 1. The fourth-order valence-corrected chi connectivity index (χ4v) is 4.20. The Labute approximate surface area is 145 Å². The van der Waals surface area contributed by atoms with Gasteiger partial charge in [-0.3, -0.25) is 9.78 Å². The highest BCUT2D eigenvalue weighted by atomic mass is 32.1. The minimum atomic E-state index is 0.208. The maximum absolute atomic E-state index is 12.4. The van der Waals surface area contributed by atoms with Gasteiger partial charge in [0.05, 0.1) is 11.0 Å². The molecule has 1 aliphatic heterocycles. The maximum atomic E-state index is 12.4. The van der Waals surface area contributed by atoms with Gasteiger partial charge in [0.15, 0.2) is 0 Å². The van der Waals surface area contributed by atoms with Gasteiger partial charge in [-0.1, -0.05) is 6.92 Å². The highest BCUT2D eigenvalue weighted by Gasteiger charge is 2.18. The van der Waals surface area contributed by atoms with Gasteiger partial charge >= 0.3 is 0 Å². The van der Waals surface area contributed by atoms with E-state index in [4.69, 9.17) is 0 Å². The molecular weight excluding hydrogens is 318 g/mol. The van der Waals surface area contributed by atoms with Crippen LogP contribution in [0.15, 0.2) is 36.7 Å². The lowest BCUT2D eigenvalue weighted by atomic mass is 10.2. The lowest BCUT2D eigenvalue weighted by Gasteiger charge is -2.16. The van der Waals surface area contributed by atoms with Crippen molar-refractivity contribution in [3.05, 3.63) is 41.5 Å². The minimum absolute atomic E-state index is 0.208. The van der Waals surface area contributed by atoms with Gasteiger partial charge in [-0.25, -0.2) is 0 Å². The van der Waals surface area contributed by atoms with E-state index in [1.54, 1.807) is 0 Å². The lowest BCUT2D eigenvalue weighted by Crippen LogP contribution is -2.30. The maximum Gasteiger partial charge on any atom is 0.242 e. The van der Waals surface area contributed by atoms with Crippen LogP contribution in [0, 0.1) is 0 Å². The zero-order valence-corrected chi connectivity index (χ0v) is 14.7. The standard InChI is InChI=1S/C19H21N3OS/c1-2-15-5-6-18(24-15)14-11-17-16(20-12-14)7-10-22(17)13-19(23)21-8-3-4-9-21/h5-7,10-12H,2-4,8-9,13H2,1H3. The van der Waals surface area contributed by atoms with Crippen molar-refractivity contribution in [3.63, 3.8) is 0 Å². The second-order valence-corrected chi connectivity index (χ2v) is 7.45. The summed E-state index contributed by atoms with van der Waals surface area (Å²) in [5.41, 5.74) is 3.10. The molecule has 0 aliphatic carbocycles. The van der Waals surface area contributed by atoms with E-state index in [0.29, 0.717) is 6.54 Å². The molecule has 5 heteroatoms. The highest BCUT2D eigenvalue weighted by molar-refractivity contribution is 7.15. The van der Waals surface area contributed by atoms with Crippen molar-refractivity contribution in [2.45, 2.75) is 32.7 Å². The van der Waals surface area contributed by atoms with E-state index < -0.39 is 0 Å². The Morgan fingerprint density at radius 1 is 1.25 bits per heavy atom. The molecule has 0 atom stereocenters. The van der Waals surface area contributed by atoms with Crippen LogP contribution in [0.25, 0.3) is 21.5 Å². The van der Waals surface area contributed by atoms with Gasteiger partial charge in [0, 0.05) is 40.8 Å². The number of pyridine rings is 1. The molecule has 124 valence electrons. The number of aryl methyl sites for hydroxylation is 1. The number of carbonyl (C=O) groups excluding carboxylic acids is 1. The van der Waals surface area contributed by atoms with Crippen LogP contribution in [0.5, 0.6) is 0 Å². The minimum Gasteiger partial charge on any atom is -0.341 e. The van der Waals surface area contributed by atoms with Gasteiger partial charge < -0.3 is 9.47 Å². The summed E-state index contributed by atoms with van der Waals surface area (Å²) in [6, 6.07) is 8.49. The molecular formula is C19H21N3OS. The number of hydrogen-bond donors (Lipinski definition) is 0. The van der Waals surface area contributed by atoms with E-state index in [9.17, 15) is 4.79 Å². The highest BCUT2D eigenvalue weighted by Crippen LogP contribution is 2.30. The molecule has 0 spiro atoms. The lowest BCUT2D eigenvalue weighted by molar-refractivity contribution is -0.130. The summed E-state index contributed by atoms with van der Waals surface area (Å²) in [5.74, 6) is 0.208. The Morgan fingerprint density at radius 2 is 2.08 bits per heavy atom. The molecule has 4 nitrogen and oxygen atoms in total. The summed E-state index contributed by atoms with van der Waals surface area (Å²) in [7, 11) is 0. The number of aromatic nitrogens is 2. The molecule has 0 N–H and O–H groups in total. The summed E-state index contributed by atoms with van der Waals surface area (Å²) < 4.78 is 2.03. The molecule has 0 bridgehead atoms. The third kappa shape index (κ3) is 2.84. The monoisotopic (exact) mass is 339 g/mol. The third-order valence-corrected chi connectivity index (χ3v) is 5.96. The molecule has 1 fully saturated rings. The van der Waals surface area contributed by atoms with E-state index >= 15 is 0 Å².